The molecule has 3 heterocycles. The zero-order valence-corrected chi connectivity index (χ0v) is 16.9. The molecule has 27 heavy (non-hydrogen) atoms. The van der Waals surface area contributed by atoms with Crippen LogP contribution in [-0.2, 0) is 24.2 Å². The summed E-state index contributed by atoms with van der Waals surface area (Å²) in [5.74, 6) is 1.65. The van der Waals surface area contributed by atoms with Crippen LogP contribution >= 0.6 is 0 Å². The first kappa shape index (κ1) is 19.1. The predicted molar refractivity (Wildman–Crippen MR) is 106 cm³/mol. The van der Waals surface area contributed by atoms with Gasteiger partial charge in [-0.2, -0.15) is 10.1 Å². The predicted octanol–water partition coefficient (Wildman–Crippen LogP) is 1.83. The van der Waals surface area contributed by atoms with Gasteiger partial charge < -0.3 is 15.1 Å². The second-order valence-electron chi connectivity index (χ2n) is 7.33. The molecular formula is C19H29N7O. The first-order chi connectivity index (χ1) is 12.9. The van der Waals surface area contributed by atoms with E-state index < -0.39 is 0 Å². The zero-order valence-electron chi connectivity index (χ0n) is 16.9. The van der Waals surface area contributed by atoms with Crippen molar-refractivity contribution in [2.45, 2.75) is 46.6 Å². The van der Waals surface area contributed by atoms with E-state index in [9.17, 15) is 4.79 Å². The Balaban J connectivity index is 1.72. The molecule has 2 aromatic heterocycles. The van der Waals surface area contributed by atoms with Gasteiger partial charge in [0.25, 0.3) is 0 Å². The number of aryl methyl sites for hydroxylation is 2. The van der Waals surface area contributed by atoms with Gasteiger partial charge in [-0.1, -0.05) is 0 Å². The third kappa shape index (κ3) is 4.20. The molecule has 0 saturated heterocycles. The number of carbonyl (C=O) groups excluding carboxylic acids is 1. The summed E-state index contributed by atoms with van der Waals surface area (Å²) in [6, 6.07) is 0. The van der Waals surface area contributed by atoms with E-state index in [1.807, 2.05) is 30.8 Å². The van der Waals surface area contributed by atoms with Crippen molar-refractivity contribution in [3.05, 3.63) is 28.2 Å². The van der Waals surface area contributed by atoms with E-state index >= 15 is 0 Å². The van der Waals surface area contributed by atoms with Gasteiger partial charge in [-0.15, -0.1) is 0 Å². The number of H-pyrrole nitrogens is 1. The Kier molecular flexibility index (Phi) is 5.62. The molecule has 8 nitrogen and oxygen atoms in total. The Morgan fingerprint density at radius 3 is 2.70 bits per heavy atom. The first-order valence-corrected chi connectivity index (χ1v) is 9.43. The van der Waals surface area contributed by atoms with E-state index in [0.717, 1.165) is 60.8 Å². The fourth-order valence-electron chi connectivity index (χ4n) is 3.45. The van der Waals surface area contributed by atoms with Crippen LogP contribution in [-0.4, -0.2) is 58.2 Å². The highest BCUT2D eigenvalue weighted by Crippen LogP contribution is 2.26. The summed E-state index contributed by atoms with van der Waals surface area (Å²) >= 11 is 0. The summed E-state index contributed by atoms with van der Waals surface area (Å²) in [4.78, 5) is 24.8. The molecule has 0 radical (unpaired) electrons. The fourth-order valence-corrected chi connectivity index (χ4v) is 3.45. The van der Waals surface area contributed by atoms with Crippen LogP contribution < -0.4 is 10.2 Å². The van der Waals surface area contributed by atoms with Crippen molar-refractivity contribution in [3.8, 4) is 0 Å². The van der Waals surface area contributed by atoms with Crippen LogP contribution in [0.4, 0.5) is 11.8 Å². The van der Waals surface area contributed by atoms with Crippen molar-refractivity contribution < 1.29 is 4.79 Å². The van der Waals surface area contributed by atoms with Gasteiger partial charge in [0.1, 0.15) is 5.82 Å². The van der Waals surface area contributed by atoms with Gasteiger partial charge in [-0.25, -0.2) is 4.98 Å². The van der Waals surface area contributed by atoms with Crippen LogP contribution in [0.2, 0.25) is 0 Å². The van der Waals surface area contributed by atoms with Crippen LogP contribution in [0.5, 0.6) is 0 Å². The summed E-state index contributed by atoms with van der Waals surface area (Å²) < 4.78 is 0. The zero-order chi connectivity index (χ0) is 19.6. The number of aromatic amines is 1. The average Bonchev–Trinajstić information content (AvgIpc) is 2.95. The normalized spacial score (nSPS) is 13.4. The smallest absolute Gasteiger partial charge is 0.227 e. The number of hydrogen-bond acceptors (Lipinski definition) is 6. The third-order valence-electron chi connectivity index (χ3n) is 5.08. The van der Waals surface area contributed by atoms with Crippen LogP contribution in [0.25, 0.3) is 0 Å². The molecule has 0 saturated carbocycles. The van der Waals surface area contributed by atoms with E-state index in [1.54, 1.807) is 6.92 Å². The monoisotopic (exact) mass is 371 g/mol. The molecule has 0 spiro atoms. The van der Waals surface area contributed by atoms with E-state index in [-0.39, 0.29) is 5.91 Å². The lowest BCUT2D eigenvalue weighted by Crippen LogP contribution is -2.36. The number of amides is 1. The van der Waals surface area contributed by atoms with Crippen molar-refractivity contribution in [2.75, 3.05) is 37.4 Å². The van der Waals surface area contributed by atoms with Gasteiger partial charge in [0.2, 0.25) is 11.9 Å². The lowest BCUT2D eigenvalue weighted by atomic mass is 10.0. The Morgan fingerprint density at radius 1 is 1.30 bits per heavy atom. The van der Waals surface area contributed by atoms with Crippen molar-refractivity contribution in [2.24, 2.45) is 0 Å². The van der Waals surface area contributed by atoms with Crippen molar-refractivity contribution in [3.63, 3.8) is 0 Å². The molecule has 0 bridgehead atoms. The summed E-state index contributed by atoms with van der Waals surface area (Å²) in [5.41, 5.74) is 5.60. The Morgan fingerprint density at radius 2 is 2.07 bits per heavy atom. The second-order valence-corrected chi connectivity index (χ2v) is 7.33. The fraction of sp³-hybridized carbons (Fsp3) is 0.579. The maximum Gasteiger partial charge on any atom is 0.227 e. The molecule has 1 aliphatic heterocycles. The maximum absolute atomic E-state index is 11.7. The molecule has 1 aliphatic rings. The van der Waals surface area contributed by atoms with Gasteiger partial charge in [-0.05, 0) is 38.7 Å². The number of anilines is 2. The average molecular weight is 371 g/mol. The van der Waals surface area contributed by atoms with Gasteiger partial charge in [0, 0.05) is 45.4 Å². The quantitative estimate of drug-likeness (QED) is 0.753. The van der Waals surface area contributed by atoms with Gasteiger partial charge in [0.05, 0.1) is 17.9 Å². The molecule has 0 aliphatic carbocycles. The summed E-state index contributed by atoms with van der Waals surface area (Å²) in [6.45, 7) is 7.81. The topological polar surface area (TPSA) is 90.0 Å². The number of rotatable bonds is 6. The van der Waals surface area contributed by atoms with E-state index in [1.165, 1.54) is 5.56 Å². The Hall–Kier alpha value is -2.64. The van der Waals surface area contributed by atoms with E-state index in [4.69, 9.17) is 4.98 Å². The number of aromatic nitrogens is 4. The highest BCUT2D eigenvalue weighted by Gasteiger charge is 2.24. The number of carbonyl (C=O) groups is 1. The minimum Gasteiger partial charge on any atom is -0.370 e. The molecule has 2 N–H and O–H groups in total. The molecule has 2 aromatic rings. The molecule has 0 atom stereocenters. The standard InChI is InChI=1S/C19H29N7O/c1-12-15(13(2)24-23-12)7-6-9-20-18-16-8-10-26(14(3)27)11-17(16)21-19(22-18)25(4)5/h6-11H2,1-5H3,(H,23,24)(H,20,21,22). The molecule has 1 amide bonds. The molecule has 0 aromatic carbocycles. The van der Waals surface area contributed by atoms with Gasteiger partial charge in [0.15, 0.2) is 0 Å². The SMILES string of the molecule is CC(=O)N1CCc2c(nc(N(C)C)nc2NCCCc2c(C)n[nH]c2C)C1. The lowest BCUT2D eigenvalue weighted by Gasteiger charge is -2.29. The highest BCUT2D eigenvalue weighted by atomic mass is 16.2. The summed E-state index contributed by atoms with van der Waals surface area (Å²) in [5, 5.41) is 10.8. The number of nitrogens with zero attached hydrogens (tertiary/aromatic N) is 5. The molecule has 8 heteroatoms. The van der Waals surface area contributed by atoms with Crippen LogP contribution in [0, 0.1) is 13.8 Å². The maximum atomic E-state index is 11.7. The lowest BCUT2D eigenvalue weighted by molar-refractivity contribution is -0.129. The van der Waals surface area contributed by atoms with Crippen LogP contribution in [0.3, 0.4) is 0 Å². The Bertz CT molecular complexity index is 808. The highest BCUT2D eigenvalue weighted by molar-refractivity contribution is 5.73. The third-order valence-corrected chi connectivity index (χ3v) is 5.08. The molecule has 0 fully saturated rings. The van der Waals surface area contributed by atoms with Crippen molar-refractivity contribution >= 4 is 17.7 Å². The number of fused-ring (bicyclic) bond motifs is 1. The first-order valence-electron chi connectivity index (χ1n) is 9.43. The van der Waals surface area contributed by atoms with Crippen molar-refractivity contribution in [1.29, 1.82) is 0 Å². The van der Waals surface area contributed by atoms with E-state index in [0.29, 0.717) is 12.5 Å². The molecule has 146 valence electrons. The molecular weight excluding hydrogens is 342 g/mol. The number of hydrogen-bond donors (Lipinski definition) is 2. The minimum absolute atomic E-state index is 0.0889. The second kappa shape index (κ2) is 7.94. The summed E-state index contributed by atoms with van der Waals surface area (Å²) in [7, 11) is 3.86. The largest absolute Gasteiger partial charge is 0.370 e. The van der Waals surface area contributed by atoms with Gasteiger partial charge >= 0.3 is 0 Å². The van der Waals surface area contributed by atoms with Crippen LogP contribution in [0.1, 0.15) is 41.6 Å². The van der Waals surface area contributed by atoms with Crippen LogP contribution in [0.15, 0.2) is 0 Å². The number of nitrogens with one attached hydrogen (secondary N) is 2. The van der Waals surface area contributed by atoms with E-state index in [2.05, 4.69) is 27.4 Å². The molecule has 0 unspecified atom stereocenters. The van der Waals surface area contributed by atoms with Gasteiger partial charge in [-0.3, -0.25) is 9.89 Å². The van der Waals surface area contributed by atoms with Crippen molar-refractivity contribution in [1.82, 2.24) is 25.1 Å². The minimum atomic E-state index is 0.0889. The molecule has 3 rings (SSSR count). The Labute approximate surface area is 160 Å². The summed E-state index contributed by atoms with van der Waals surface area (Å²) in [6.07, 6.45) is 2.76.